The minimum atomic E-state index is 0.146. The van der Waals surface area contributed by atoms with Crippen molar-refractivity contribution >= 4 is 0 Å². The molecule has 25 heavy (non-hydrogen) atoms. The molecule has 0 fully saturated rings. The Labute approximate surface area is 146 Å². The van der Waals surface area contributed by atoms with E-state index >= 15 is 0 Å². The molecule has 0 aliphatic heterocycles. The van der Waals surface area contributed by atoms with E-state index in [2.05, 4.69) is 19.1 Å². The monoisotopic (exact) mass is 326 g/mol. The largest absolute Gasteiger partial charge is 0.493 e. The quantitative estimate of drug-likeness (QED) is 0.560. The number of rotatable bonds is 3. The Balaban J connectivity index is 1.97. The van der Waals surface area contributed by atoms with Gasteiger partial charge in [0.1, 0.15) is 5.69 Å². The lowest BCUT2D eigenvalue weighted by Crippen LogP contribution is -1.95. The molecular formula is C22H18N2O. The smallest absolute Gasteiger partial charge is 0.222 e. The molecule has 0 bridgehead atoms. The summed E-state index contributed by atoms with van der Waals surface area (Å²) in [5, 5.41) is 15.7. The first-order chi connectivity index (χ1) is 12.2. The molecule has 4 aromatic rings. The molecule has 3 aromatic carbocycles. The van der Waals surface area contributed by atoms with Gasteiger partial charge in [0.05, 0.1) is 11.3 Å². The zero-order valence-electron chi connectivity index (χ0n) is 13.9. The van der Waals surface area contributed by atoms with E-state index in [1.165, 1.54) is 5.56 Å². The third-order valence-corrected chi connectivity index (χ3v) is 4.25. The van der Waals surface area contributed by atoms with Crippen molar-refractivity contribution in [3.63, 3.8) is 0 Å². The zero-order valence-corrected chi connectivity index (χ0v) is 13.9. The maximum atomic E-state index is 10.9. The predicted molar refractivity (Wildman–Crippen MR) is 101 cm³/mol. The first-order valence-electron chi connectivity index (χ1n) is 8.24. The maximum absolute atomic E-state index is 10.9. The normalized spacial score (nSPS) is 10.8. The summed E-state index contributed by atoms with van der Waals surface area (Å²) < 4.78 is 1.59. The van der Waals surface area contributed by atoms with Crippen molar-refractivity contribution in [2.45, 2.75) is 6.92 Å². The minimum Gasteiger partial charge on any atom is -0.493 e. The van der Waals surface area contributed by atoms with Gasteiger partial charge in [-0.15, -0.1) is 0 Å². The summed E-state index contributed by atoms with van der Waals surface area (Å²) in [6.45, 7) is 2.06. The number of aryl methyl sites for hydroxylation is 1. The molecule has 0 unspecified atom stereocenters. The number of hydrogen-bond acceptors (Lipinski definition) is 2. The van der Waals surface area contributed by atoms with Crippen molar-refractivity contribution in [3.8, 4) is 34.0 Å². The van der Waals surface area contributed by atoms with Crippen LogP contribution in [-0.2, 0) is 0 Å². The molecule has 0 spiro atoms. The highest BCUT2D eigenvalue weighted by molar-refractivity contribution is 5.85. The van der Waals surface area contributed by atoms with Crippen molar-refractivity contribution in [3.05, 3.63) is 90.5 Å². The molecule has 0 atom stereocenters. The minimum absolute atomic E-state index is 0.146. The average Bonchev–Trinajstić information content (AvgIpc) is 3.01. The fourth-order valence-electron chi connectivity index (χ4n) is 2.94. The van der Waals surface area contributed by atoms with Crippen LogP contribution in [0, 0.1) is 6.92 Å². The summed E-state index contributed by atoms with van der Waals surface area (Å²) in [4.78, 5) is 0. The second kappa shape index (κ2) is 6.29. The Bertz CT molecular complexity index is 988. The summed E-state index contributed by atoms with van der Waals surface area (Å²) in [5.74, 6) is 0.146. The van der Waals surface area contributed by atoms with Gasteiger partial charge in [-0.1, -0.05) is 78.4 Å². The Morgan fingerprint density at radius 1 is 0.720 bits per heavy atom. The van der Waals surface area contributed by atoms with E-state index in [-0.39, 0.29) is 5.88 Å². The molecule has 0 aliphatic rings. The van der Waals surface area contributed by atoms with Crippen LogP contribution >= 0.6 is 0 Å². The third-order valence-electron chi connectivity index (χ3n) is 4.25. The van der Waals surface area contributed by atoms with Crippen LogP contribution in [-0.4, -0.2) is 14.9 Å². The van der Waals surface area contributed by atoms with Crippen LogP contribution in [0.3, 0.4) is 0 Å². The van der Waals surface area contributed by atoms with Gasteiger partial charge in [-0.05, 0) is 24.6 Å². The van der Waals surface area contributed by atoms with Crippen LogP contribution in [0.15, 0.2) is 84.9 Å². The summed E-state index contributed by atoms with van der Waals surface area (Å²) in [6, 6.07) is 27.8. The molecule has 1 N–H and O–H groups in total. The van der Waals surface area contributed by atoms with Crippen molar-refractivity contribution in [2.24, 2.45) is 0 Å². The maximum Gasteiger partial charge on any atom is 0.222 e. The standard InChI is InChI=1S/C22H18N2O/c1-16-12-14-18(15-13-16)21-20(17-8-4-2-5-9-17)22(25)24(23-21)19-10-6-3-7-11-19/h2-15,25H,1H3. The SMILES string of the molecule is Cc1ccc(-c2nn(-c3ccccc3)c(O)c2-c2ccccc2)cc1. The molecule has 3 heteroatoms. The molecule has 1 aromatic heterocycles. The number of aromatic hydroxyl groups is 1. The molecule has 0 amide bonds. The van der Waals surface area contributed by atoms with Crippen molar-refractivity contribution in [1.29, 1.82) is 0 Å². The van der Waals surface area contributed by atoms with Crippen LogP contribution in [0.5, 0.6) is 5.88 Å². The number of aromatic nitrogens is 2. The molecule has 4 rings (SSSR count). The fraction of sp³-hybridized carbons (Fsp3) is 0.0455. The van der Waals surface area contributed by atoms with Gasteiger partial charge in [-0.25, -0.2) is 4.68 Å². The lowest BCUT2D eigenvalue weighted by atomic mass is 10.0. The number of para-hydroxylation sites is 1. The second-order valence-electron chi connectivity index (χ2n) is 6.03. The summed E-state index contributed by atoms with van der Waals surface area (Å²) in [5.41, 5.74) is 5.46. The van der Waals surface area contributed by atoms with E-state index in [9.17, 15) is 5.11 Å². The van der Waals surface area contributed by atoms with Crippen LogP contribution in [0.1, 0.15) is 5.56 Å². The van der Waals surface area contributed by atoms with Gasteiger partial charge < -0.3 is 5.11 Å². The number of nitrogens with zero attached hydrogens (tertiary/aromatic N) is 2. The molecule has 0 saturated heterocycles. The average molecular weight is 326 g/mol. The summed E-state index contributed by atoms with van der Waals surface area (Å²) >= 11 is 0. The van der Waals surface area contributed by atoms with Gasteiger partial charge in [0.15, 0.2) is 0 Å². The summed E-state index contributed by atoms with van der Waals surface area (Å²) in [7, 11) is 0. The van der Waals surface area contributed by atoms with E-state index in [1.807, 2.05) is 72.8 Å². The Morgan fingerprint density at radius 2 is 1.32 bits per heavy atom. The molecule has 122 valence electrons. The van der Waals surface area contributed by atoms with Crippen LogP contribution in [0.4, 0.5) is 0 Å². The van der Waals surface area contributed by atoms with Crippen LogP contribution in [0.25, 0.3) is 28.1 Å². The molecule has 0 radical (unpaired) electrons. The molecule has 1 heterocycles. The van der Waals surface area contributed by atoms with Gasteiger partial charge in [0.25, 0.3) is 0 Å². The van der Waals surface area contributed by atoms with E-state index in [4.69, 9.17) is 5.10 Å². The highest BCUT2D eigenvalue weighted by Crippen LogP contribution is 2.39. The zero-order chi connectivity index (χ0) is 17.2. The molecular weight excluding hydrogens is 308 g/mol. The summed E-state index contributed by atoms with van der Waals surface area (Å²) in [6.07, 6.45) is 0. The highest BCUT2D eigenvalue weighted by atomic mass is 16.3. The van der Waals surface area contributed by atoms with Gasteiger partial charge in [-0.3, -0.25) is 0 Å². The lowest BCUT2D eigenvalue weighted by Gasteiger charge is -2.04. The Morgan fingerprint density at radius 3 is 1.96 bits per heavy atom. The van der Waals surface area contributed by atoms with Gasteiger partial charge >= 0.3 is 0 Å². The highest BCUT2D eigenvalue weighted by Gasteiger charge is 2.20. The van der Waals surface area contributed by atoms with Crippen molar-refractivity contribution < 1.29 is 5.11 Å². The lowest BCUT2D eigenvalue weighted by molar-refractivity contribution is 0.435. The number of hydrogen-bond donors (Lipinski definition) is 1. The van der Waals surface area contributed by atoms with Gasteiger partial charge in [-0.2, -0.15) is 5.10 Å². The Kier molecular flexibility index (Phi) is 3.82. The van der Waals surface area contributed by atoms with E-state index in [1.54, 1.807) is 4.68 Å². The number of benzene rings is 3. The van der Waals surface area contributed by atoms with Crippen molar-refractivity contribution in [1.82, 2.24) is 9.78 Å². The first kappa shape index (κ1) is 15.2. The van der Waals surface area contributed by atoms with E-state index < -0.39 is 0 Å². The fourth-order valence-corrected chi connectivity index (χ4v) is 2.94. The van der Waals surface area contributed by atoms with Crippen LogP contribution in [0.2, 0.25) is 0 Å². The molecule has 0 saturated carbocycles. The first-order valence-corrected chi connectivity index (χ1v) is 8.24. The van der Waals surface area contributed by atoms with E-state index in [0.29, 0.717) is 0 Å². The van der Waals surface area contributed by atoms with E-state index in [0.717, 1.165) is 28.1 Å². The van der Waals surface area contributed by atoms with Crippen LogP contribution < -0.4 is 0 Å². The second-order valence-corrected chi connectivity index (χ2v) is 6.03. The molecule has 0 aliphatic carbocycles. The Hall–Kier alpha value is -3.33. The van der Waals surface area contributed by atoms with Crippen molar-refractivity contribution in [2.75, 3.05) is 0 Å². The predicted octanol–water partition coefficient (Wildman–Crippen LogP) is 5.22. The molecule has 3 nitrogen and oxygen atoms in total. The van der Waals surface area contributed by atoms with Gasteiger partial charge in [0.2, 0.25) is 5.88 Å². The van der Waals surface area contributed by atoms with Gasteiger partial charge in [0, 0.05) is 5.56 Å². The topological polar surface area (TPSA) is 38.0 Å². The third kappa shape index (κ3) is 2.81.